The molecule has 0 bridgehead atoms. The molecule has 0 aromatic carbocycles. The number of nitrogens with zero attached hydrogens (tertiary/aromatic N) is 6. The van der Waals surface area contributed by atoms with Crippen molar-refractivity contribution in [2.75, 3.05) is 26.2 Å². The van der Waals surface area contributed by atoms with Crippen molar-refractivity contribution in [2.45, 2.75) is 38.8 Å². The molecule has 0 saturated carbocycles. The molecular formula is C18H24N6O. The number of rotatable bonds is 3. The third-order valence-corrected chi connectivity index (χ3v) is 5.28. The Bertz CT molecular complexity index is 743. The van der Waals surface area contributed by atoms with Gasteiger partial charge in [0.15, 0.2) is 0 Å². The van der Waals surface area contributed by atoms with E-state index in [1.165, 1.54) is 5.56 Å². The summed E-state index contributed by atoms with van der Waals surface area (Å²) in [4.78, 5) is 20.2. The van der Waals surface area contributed by atoms with Crippen molar-refractivity contribution in [3.8, 4) is 0 Å². The second-order valence-electron chi connectivity index (χ2n) is 6.96. The predicted octanol–water partition coefficient (Wildman–Crippen LogP) is 1.07. The zero-order chi connectivity index (χ0) is 17.2. The van der Waals surface area contributed by atoms with Gasteiger partial charge in [-0.2, -0.15) is 0 Å². The highest BCUT2D eigenvalue weighted by Gasteiger charge is 2.30. The van der Waals surface area contributed by atoms with Gasteiger partial charge in [0.25, 0.3) is 0 Å². The van der Waals surface area contributed by atoms with Crippen LogP contribution < -0.4 is 0 Å². The van der Waals surface area contributed by atoms with Crippen LogP contribution in [0.15, 0.2) is 24.5 Å². The number of hydrogen-bond acceptors (Lipinski definition) is 5. The van der Waals surface area contributed by atoms with Crippen molar-refractivity contribution in [2.24, 2.45) is 0 Å². The third-order valence-electron chi connectivity index (χ3n) is 5.28. The zero-order valence-corrected chi connectivity index (χ0v) is 14.6. The standard InChI is InChI=1S/C18H24N6O/c1-14(25)23-8-4-16(13-23)18-21-20-17-5-7-22(9-10-24(17)18)12-15-3-2-6-19-11-15/h2-3,6,11,16H,4-5,7-10,12-13H2,1H3. The Kier molecular flexibility index (Phi) is 4.48. The third kappa shape index (κ3) is 3.42. The molecule has 1 unspecified atom stereocenters. The smallest absolute Gasteiger partial charge is 0.219 e. The largest absolute Gasteiger partial charge is 0.342 e. The first-order valence-electron chi connectivity index (χ1n) is 8.99. The van der Waals surface area contributed by atoms with E-state index in [4.69, 9.17) is 0 Å². The van der Waals surface area contributed by atoms with E-state index >= 15 is 0 Å². The van der Waals surface area contributed by atoms with Crippen LogP contribution in [0.1, 0.15) is 36.5 Å². The lowest BCUT2D eigenvalue weighted by Gasteiger charge is -2.19. The molecule has 1 fully saturated rings. The molecule has 0 aliphatic carbocycles. The molecule has 2 aromatic rings. The molecular weight excluding hydrogens is 316 g/mol. The van der Waals surface area contributed by atoms with Gasteiger partial charge in [0.2, 0.25) is 5.91 Å². The Morgan fingerprint density at radius 3 is 2.92 bits per heavy atom. The summed E-state index contributed by atoms with van der Waals surface area (Å²) in [7, 11) is 0. The normalized spacial score (nSPS) is 21.2. The van der Waals surface area contributed by atoms with E-state index in [2.05, 4.69) is 30.7 Å². The first kappa shape index (κ1) is 16.2. The summed E-state index contributed by atoms with van der Waals surface area (Å²) in [5, 5.41) is 8.91. The number of fused-ring (bicyclic) bond motifs is 1. The van der Waals surface area contributed by atoms with Crippen molar-refractivity contribution < 1.29 is 4.79 Å². The van der Waals surface area contributed by atoms with Gasteiger partial charge in [-0.15, -0.1) is 10.2 Å². The summed E-state index contributed by atoms with van der Waals surface area (Å²) < 4.78 is 2.29. The molecule has 0 spiro atoms. The van der Waals surface area contributed by atoms with Crippen LogP contribution >= 0.6 is 0 Å². The first-order valence-corrected chi connectivity index (χ1v) is 8.99. The van der Waals surface area contributed by atoms with E-state index in [1.807, 2.05) is 23.4 Å². The zero-order valence-electron chi connectivity index (χ0n) is 14.6. The summed E-state index contributed by atoms with van der Waals surface area (Å²) in [5.41, 5.74) is 1.24. The van der Waals surface area contributed by atoms with Gasteiger partial charge in [0, 0.05) is 70.9 Å². The van der Waals surface area contributed by atoms with Crippen molar-refractivity contribution >= 4 is 5.91 Å². The summed E-state index contributed by atoms with van der Waals surface area (Å²) in [6.07, 6.45) is 5.64. The highest BCUT2D eigenvalue weighted by atomic mass is 16.2. The van der Waals surface area contributed by atoms with Crippen LogP contribution in [0.3, 0.4) is 0 Å². The molecule has 2 aromatic heterocycles. The average Bonchev–Trinajstić information content (AvgIpc) is 3.21. The lowest BCUT2D eigenvalue weighted by Crippen LogP contribution is -2.27. The maximum absolute atomic E-state index is 11.6. The lowest BCUT2D eigenvalue weighted by molar-refractivity contribution is -0.127. The molecule has 2 aliphatic heterocycles. The quantitative estimate of drug-likeness (QED) is 0.836. The number of hydrogen-bond donors (Lipinski definition) is 0. The fourth-order valence-electron chi connectivity index (χ4n) is 3.86. The Labute approximate surface area is 147 Å². The van der Waals surface area contributed by atoms with Gasteiger partial charge < -0.3 is 9.47 Å². The minimum atomic E-state index is 0.153. The van der Waals surface area contributed by atoms with Crippen molar-refractivity contribution in [3.63, 3.8) is 0 Å². The van der Waals surface area contributed by atoms with Crippen LogP contribution in [0.5, 0.6) is 0 Å². The Morgan fingerprint density at radius 2 is 2.16 bits per heavy atom. The summed E-state index contributed by atoms with van der Waals surface area (Å²) >= 11 is 0. The molecule has 4 heterocycles. The van der Waals surface area contributed by atoms with Crippen LogP contribution in [0.25, 0.3) is 0 Å². The first-order chi connectivity index (χ1) is 12.2. The fourth-order valence-corrected chi connectivity index (χ4v) is 3.86. The van der Waals surface area contributed by atoms with Gasteiger partial charge in [0.05, 0.1) is 0 Å². The number of likely N-dealkylation sites (tertiary alicyclic amines) is 1. The Balaban J connectivity index is 1.44. The molecule has 0 radical (unpaired) electrons. The molecule has 25 heavy (non-hydrogen) atoms. The number of carbonyl (C=O) groups is 1. The van der Waals surface area contributed by atoms with Gasteiger partial charge in [-0.1, -0.05) is 6.07 Å². The van der Waals surface area contributed by atoms with Crippen molar-refractivity contribution in [3.05, 3.63) is 41.7 Å². The number of amides is 1. The Hall–Kier alpha value is -2.28. The van der Waals surface area contributed by atoms with E-state index in [9.17, 15) is 4.79 Å². The van der Waals surface area contributed by atoms with Crippen LogP contribution in [-0.2, 0) is 24.3 Å². The summed E-state index contributed by atoms with van der Waals surface area (Å²) in [6.45, 7) is 7.04. The predicted molar refractivity (Wildman–Crippen MR) is 92.9 cm³/mol. The molecule has 7 heteroatoms. The van der Waals surface area contributed by atoms with E-state index < -0.39 is 0 Å². The van der Waals surface area contributed by atoms with Crippen molar-refractivity contribution in [1.29, 1.82) is 0 Å². The minimum Gasteiger partial charge on any atom is -0.342 e. The van der Waals surface area contributed by atoms with Crippen molar-refractivity contribution in [1.82, 2.24) is 29.5 Å². The van der Waals surface area contributed by atoms with Crippen LogP contribution in [0.2, 0.25) is 0 Å². The van der Waals surface area contributed by atoms with Gasteiger partial charge in [-0.05, 0) is 18.1 Å². The SMILES string of the molecule is CC(=O)N1CCC(c2nnc3n2CCN(Cc2cccnc2)CC3)C1. The second kappa shape index (κ2) is 6.92. The highest BCUT2D eigenvalue weighted by molar-refractivity contribution is 5.73. The van der Waals surface area contributed by atoms with Crippen LogP contribution in [0, 0.1) is 0 Å². The number of aromatic nitrogens is 4. The summed E-state index contributed by atoms with van der Waals surface area (Å²) in [5.74, 6) is 2.60. The van der Waals surface area contributed by atoms with E-state index in [1.54, 1.807) is 6.92 Å². The van der Waals surface area contributed by atoms with Gasteiger partial charge >= 0.3 is 0 Å². The molecule has 1 amide bonds. The molecule has 4 rings (SSSR count). The van der Waals surface area contributed by atoms with E-state index in [0.717, 1.165) is 63.8 Å². The van der Waals surface area contributed by atoms with E-state index in [-0.39, 0.29) is 5.91 Å². The maximum atomic E-state index is 11.6. The monoisotopic (exact) mass is 340 g/mol. The Morgan fingerprint density at radius 1 is 1.24 bits per heavy atom. The lowest BCUT2D eigenvalue weighted by atomic mass is 10.1. The van der Waals surface area contributed by atoms with E-state index in [0.29, 0.717) is 5.92 Å². The topological polar surface area (TPSA) is 67.2 Å². The minimum absolute atomic E-state index is 0.153. The fraction of sp³-hybridized carbons (Fsp3) is 0.556. The molecule has 2 aliphatic rings. The molecule has 7 nitrogen and oxygen atoms in total. The molecule has 1 atom stereocenters. The molecule has 0 N–H and O–H groups in total. The number of pyridine rings is 1. The maximum Gasteiger partial charge on any atom is 0.219 e. The number of carbonyl (C=O) groups excluding carboxylic acids is 1. The second-order valence-corrected chi connectivity index (χ2v) is 6.96. The van der Waals surface area contributed by atoms with Gasteiger partial charge in [0.1, 0.15) is 11.6 Å². The summed E-state index contributed by atoms with van der Waals surface area (Å²) in [6, 6.07) is 4.11. The average molecular weight is 340 g/mol. The van der Waals surface area contributed by atoms with Crippen LogP contribution in [0.4, 0.5) is 0 Å². The van der Waals surface area contributed by atoms with Gasteiger partial charge in [-0.25, -0.2) is 0 Å². The molecule has 1 saturated heterocycles. The molecule has 132 valence electrons. The highest BCUT2D eigenvalue weighted by Crippen LogP contribution is 2.27. The van der Waals surface area contributed by atoms with Gasteiger partial charge in [-0.3, -0.25) is 14.7 Å². The van der Waals surface area contributed by atoms with Crippen LogP contribution in [-0.4, -0.2) is 61.6 Å².